The molecule has 0 fully saturated rings. The van der Waals surface area contributed by atoms with E-state index in [1.807, 2.05) is 30.5 Å². The lowest BCUT2D eigenvalue weighted by molar-refractivity contribution is 0.294. The maximum atomic E-state index is 5.62. The molecule has 6 heteroatoms. The van der Waals surface area contributed by atoms with E-state index in [1.165, 1.54) is 11.3 Å². The van der Waals surface area contributed by atoms with E-state index < -0.39 is 0 Å². The van der Waals surface area contributed by atoms with Gasteiger partial charge >= 0.3 is 0 Å². The Balaban J connectivity index is 2.02. The Labute approximate surface area is 128 Å². The highest BCUT2D eigenvalue weighted by Gasteiger charge is 2.04. The minimum atomic E-state index is 0.675. The first-order valence-corrected chi connectivity index (χ1v) is 7.63. The minimum Gasteiger partial charge on any atom is -0.493 e. The molecule has 5 nitrogen and oxygen atoms in total. The number of methoxy groups -OCH3 is 1. The molecule has 112 valence electrons. The van der Waals surface area contributed by atoms with Gasteiger partial charge in [-0.05, 0) is 37.1 Å². The van der Waals surface area contributed by atoms with Crippen LogP contribution in [0.15, 0.2) is 28.7 Å². The van der Waals surface area contributed by atoms with Gasteiger partial charge in [0.15, 0.2) is 11.5 Å². The molecular weight excluding hydrogens is 286 g/mol. The molecule has 0 amide bonds. The Bertz CT molecular complexity index is 611. The summed E-state index contributed by atoms with van der Waals surface area (Å²) in [7, 11) is 1.63. The van der Waals surface area contributed by atoms with Crippen LogP contribution < -0.4 is 14.9 Å². The van der Waals surface area contributed by atoms with Gasteiger partial charge in [-0.25, -0.2) is 4.98 Å². The lowest BCUT2D eigenvalue weighted by Gasteiger charge is -2.10. The number of hydrogen-bond acceptors (Lipinski definition) is 6. The molecule has 0 spiro atoms. The monoisotopic (exact) mass is 305 g/mol. The Morgan fingerprint density at radius 1 is 1.38 bits per heavy atom. The summed E-state index contributed by atoms with van der Waals surface area (Å²) >= 11 is 1.52. The van der Waals surface area contributed by atoms with Gasteiger partial charge in [-0.3, -0.25) is 5.43 Å². The van der Waals surface area contributed by atoms with Gasteiger partial charge in [-0.2, -0.15) is 5.10 Å². The molecule has 21 heavy (non-hydrogen) atoms. The molecule has 0 saturated carbocycles. The number of aromatic nitrogens is 1. The topological polar surface area (TPSA) is 55.7 Å². The zero-order chi connectivity index (χ0) is 15.1. The van der Waals surface area contributed by atoms with E-state index in [9.17, 15) is 0 Å². The van der Waals surface area contributed by atoms with Crippen molar-refractivity contribution in [2.75, 3.05) is 19.1 Å². The molecule has 0 saturated heterocycles. The van der Waals surface area contributed by atoms with Crippen LogP contribution in [-0.4, -0.2) is 24.9 Å². The van der Waals surface area contributed by atoms with Crippen molar-refractivity contribution in [1.29, 1.82) is 0 Å². The van der Waals surface area contributed by atoms with Gasteiger partial charge in [0.1, 0.15) is 0 Å². The summed E-state index contributed by atoms with van der Waals surface area (Å²) in [4.78, 5) is 4.27. The van der Waals surface area contributed by atoms with Crippen molar-refractivity contribution in [2.24, 2.45) is 5.10 Å². The van der Waals surface area contributed by atoms with Gasteiger partial charge in [0.2, 0.25) is 5.13 Å². The smallest absolute Gasteiger partial charge is 0.203 e. The van der Waals surface area contributed by atoms with Gasteiger partial charge < -0.3 is 9.47 Å². The van der Waals surface area contributed by atoms with Gasteiger partial charge in [-0.15, -0.1) is 11.3 Å². The second-order valence-electron chi connectivity index (χ2n) is 4.42. The summed E-state index contributed by atoms with van der Waals surface area (Å²) in [5.41, 5.74) is 4.82. The molecule has 1 aromatic carbocycles. The van der Waals surface area contributed by atoms with Gasteiger partial charge in [0.05, 0.1) is 25.6 Å². The minimum absolute atomic E-state index is 0.675. The predicted molar refractivity (Wildman–Crippen MR) is 86.8 cm³/mol. The summed E-state index contributed by atoms with van der Waals surface area (Å²) in [5.74, 6) is 1.46. The molecule has 0 bridgehead atoms. The maximum absolute atomic E-state index is 5.62. The molecule has 0 aliphatic heterocycles. The molecule has 2 aromatic rings. The molecule has 1 heterocycles. The van der Waals surface area contributed by atoms with E-state index in [4.69, 9.17) is 9.47 Å². The number of thiazole rings is 1. The third-order valence-electron chi connectivity index (χ3n) is 2.64. The van der Waals surface area contributed by atoms with Crippen LogP contribution in [0.4, 0.5) is 5.13 Å². The zero-order valence-electron chi connectivity index (χ0n) is 12.4. The number of ether oxygens (including phenoxy) is 2. The molecule has 1 N–H and O–H groups in total. The van der Waals surface area contributed by atoms with Crippen LogP contribution in [-0.2, 0) is 0 Å². The quantitative estimate of drug-likeness (QED) is 0.626. The number of nitrogens with one attached hydrogen (secondary N) is 1. The van der Waals surface area contributed by atoms with Crippen LogP contribution in [0.2, 0.25) is 0 Å². The fraction of sp³-hybridized carbons (Fsp3) is 0.333. The van der Waals surface area contributed by atoms with Crippen molar-refractivity contribution in [3.05, 3.63) is 34.8 Å². The first-order chi connectivity index (χ1) is 10.2. The Morgan fingerprint density at radius 2 is 2.24 bits per heavy atom. The van der Waals surface area contributed by atoms with Gasteiger partial charge in [0.25, 0.3) is 0 Å². The van der Waals surface area contributed by atoms with Crippen molar-refractivity contribution in [1.82, 2.24) is 4.98 Å². The summed E-state index contributed by atoms with van der Waals surface area (Å²) in [6, 6.07) is 5.72. The first kappa shape index (κ1) is 15.3. The van der Waals surface area contributed by atoms with E-state index in [0.29, 0.717) is 12.4 Å². The molecule has 0 unspecified atom stereocenters. The van der Waals surface area contributed by atoms with Crippen LogP contribution in [0.3, 0.4) is 0 Å². The van der Waals surface area contributed by atoms with Crippen molar-refractivity contribution in [3.63, 3.8) is 0 Å². The third-order valence-corrected chi connectivity index (χ3v) is 3.51. The van der Waals surface area contributed by atoms with Gasteiger partial charge in [0, 0.05) is 5.38 Å². The predicted octanol–water partition coefficient (Wildman–Crippen LogP) is 3.69. The van der Waals surface area contributed by atoms with E-state index in [1.54, 1.807) is 13.3 Å². The van der Waals surface area contributed by atoms with Crippen molar-refractivity contribution in [2.45, 2.75) is 20.3 Å². The molecule has 2 rings (SSSR count). The average molecular weight is 305 g/mol. The number of benzene rings is 1. The number of hydrazone groups is 1. The number of hydrogen-bond donors (Lipinski definition) is 1. The first-order valence-electron chi connectivity index (χ1n) is 6.75. The Morgan fingerprint density at radius 3 is 2.90 bits per heavy atom. The fourth-order valence-electron chi connectivity index (χ4n) is 1.66. The summed E-state index contributed by atoms with van der Waals surface area (Å²) in [5, 5.41) is 6.92. The van der Waals surface area contributed by atoms with Crippen molar-refractivity contribution >= 4 is 22.7 Å². The van der Waals surface area contributed by atoms with Crippen LogP contribution in [0.25, 0.3) is 0 Å². The van der Waals surface area contributed by atoms with E-state index >= 15 is 0 Å². The van der Waals surface area contributed by atoms with E-state index in [0.717, 1.165) is 28.6 Å². The highest BCUT2D eigenvalue weighted by atomic mass is 32.1. The molecule has 0 atom stereocenters. The average Bonchev–Trinajstić information content (AvgIpc) is 2.91. The lowest BCUT2D eigenvalue weighted by atomic mass is 10.2. The maximum Gasteiger partial charge on any atom is 0.203 e. The second-order valence-corrected chi connectivity index (χ2v) is 5.28. The van der Waals surface area contributed by atoms with Crippen LogP contribution in [0.1, 0.15) is 24.6 Å². The molecule has 0 aliphatic carbocycles. The van der Waals surface area contributed by atoms with Crippen LogP contribution in [0, 0.1) is 6.92 Å². The summed E-state index contributed by atoms with van der Waals surface area (Å²) < 4.78 is 10.9. The number of anilines is 1. The second kappa shape index (κ2) is 7.64. The summed E-state index contributed by atoms with van der Waals surface area (Å²) in [6.45, 7) is 4.69. The van der Waals surface area contributed by atoms with E-state index in [-0.39, 0.29) is 0 Å². The fourth-order valence-corrected chi connectivity index (χ4v) is 2.30. The molecule has 1 aromatic heterocycles. The SMILES string of the molecule is CCCOc1ccc(/C=N/Nc2nc(C)cs2)cc1OC. The number of aryl methyl sites for hydroxylation is 1. The van der Waals surface area contributed by atoms with E-state index in [2.05, 4.69) is 22.4 Å². The standard InChI is InChI=1S/C15H19N3O2S/c1-4-7-20-13-6-5-12(8-14(13)19-3)9-16-18-15-17-11(2)10-21-15/h5-6,8-10H,4,7H2,1-3H3,(H,17,18)/b16-9+. The molecule has 0 aliphatic rings. The lowest BCUT2D eigenvalue weighted by Crippen LogP contribution is -1.98. The Kier molecular flexibility index (Phi) is 5.57. The summed E-state index contributed by atoms with van der Waals surface area (Å²) in [6.07, 6.45) is 2.69. The van der Waals surface area contributed by atoms with Gasteiger partial charge in [-0.1, -0.05) is 6.92 Å². The third kappa shape index (κ3) is 4.46. The van der Waals surface area contributed by atoms with Crippen LogP contribution in [0.5, 0.6) is 11.5 Å². The highest BCUT2D eigenvalue weighted by Crippen LogP contribution is 2.27. The Hall–Kier alpha value is -2.08. The highest BCUT2D eigenvalue weighted by molar-refractivity contribution is 7.13. The largest absolute Gasteiger partial charge is 0.493 e. The number of rotatable bonds is 7. The van der Waals surface area contributed by atoms with Crippen molar-refractivity contribution in [3.8, 4) is 11.5 Å². The molecular formula is C15H19N3O2S. The normalized spacial score (nSPS) is 10.8. The number of nitrogens with zero attached hydrogens (tertiary/aromatic N) is 2. The van der Waals surface area contributed by atoms with Crippen LogP contribution >= 0.6 is 11.3 Å². The zero-order valence-corrected chi connectivity index (χ0v) is 13.2. The van der Waals surface area contributed by atoms with Crippen molar-refractivity contribution < 1.29 is 9.47 Å². The molecule has 0 radical (unpaired) electrons.